The Morgan fingerprint density at radius 1 is 1.31 bits per heavy atom. The number of nitrogens with two attached hydrogens (primary N) is 1. The predicted octanol–water partition coefficient (Wildman–Crippen LogP) is 2.12. The molecule has 1 aromatic heterocycles. The lowest BCUT2D eigenvalue weighted by Gasteiger charge is -2.27. The van der Waals surface area contributed by atoms with Crippen molar-refractivity contribution in [1.29, 1.82) is 0 Å². The summed E-state index contributed by atoms with van der Waals surface area (Å²) in [6.45, 7) is 1.11. The van der Waals surface area contributed by atoms with Gasteiger partial charge in [0.15, 0.2) is 0 Å². The van der Waals surface area contributed by atoms with Gasteiger partial charge in [-0.3, -0.25) is 0 Å². The maximum atomic E-state index is 5.77. The Kier molecular flexibility index (Phi) is 2.46. The summed E-state index contributed by atoms with van der Waals surface area (Å²) in [5.74, 6) is 1.92. The molecule has 0 amide bonds. The van der Waals surface area contributed by atoms with Crippen molar-refractivity contribution in [3.8, 4) is 0 Å². The number of hydrogen-bond donors (Lipinski definition) is 1. The molecule has 2 N–H and O–H groups in total. The van der Waals surface area contributed by atoms with Crippen LogP contribution < -0.4 is 5.73 Å². The van der Waals surface area contributed by atoms with E-state index in [4.69, 9.17) is 22.9 Å². The summed E-state index contributed by atoms with van der Waals surface area (Å²) in [4.78, 5) is 5.18. The molecule has 3 rings (SSSR count). The second-order valence-corrected chi connectivity index (χ2v) is 5.31. The Morgan fingerprint density at radius 3 is 2.75 bits per heavy atom. The van der Waals surface area contributed by atoms with Crippen molar-refractivity contribution in [2.45, 2.75) is 51.0 Å². The minimum Gasteiger partial charge on any atom is -0.388 e. The van der Waals surface area contributed by atoms with Gasteiger partial charge in [-0.1, -0.05) is 18.6 Å². The molecule has 1 aliphatic carbocycles. The lowest BCUT2D eigenvalue weighted by Crippen LogP contribution is -2.19. The predicted molar refractivity (Wildman–Crippen MR) is 67.6 cm³/mol. The molecule has 0 spiro atoms. The number of fused-ring (bicyclic) bond motifs is 1. The standard InChI is InChI=1S/C12H17N3S/c13-11(16)10-9-6-1-2-7-15(9)12(14-10)8-4-3-5-8/h8H,1-7H2,(H2,13,16). The van der Waals surface area contributed by atoms with E-state index in [1.807, 2.05) is 0 Å². The molecular weight excluding hydrogens is 218 g/mol. The van der Waals surface area contributed by atoms with Crippen LogP contribution in [0.4, 0.5) is 0 Å². The second kappa shape index (κ2) is 3.84. The van der Waals surface area contributed by atoms with Gasteiger partial charge in [-0.15, -0.1) is 0 Å². The van der Waals surface area contributed by atoms with Crippen LogP contribution in [0.2, 0.25) is 0 Å². The van der Waals surface area contributed by atoms with Crippen LogP contribution in [0.5, 0.6) is 0 Å². The highest BCUT2D eigenvalue weighted by molar-refractivity contribution is 7.80. The van der Waals surface area contributed by atoms with Gasteiger partial charge in [0.2, 0.25) is 0 Å². The van der Waals surface area contributed by atoms with E-state index >= 15 is 0 Å². The molecule has 4 heteroatoms. The number of hydrogen-bond acceptors (Lipinski definition) is 2. The third-order valence-electron chi connectivity index (χ3n) is 3.85. The highest BCUT2D eigenvalue weighted by Gasteiger charge is 2.29. The molecule has 1 fully saturated rings. The molecule has 86 valence electrons. The first-order valence-corrected chi connectivity index (χ1v) is 6.57. The second-order valence-electron chi connectivity index (χ2n) is 4.87. The summed E-state index contributed by atoms with van der Waals surface area (Å²) in [6, 6.07) is 0. The lowest BCUT2D eigenvalue weighted by atomic mass is 9.84. The Balaban J connectivity index is 2.07. The summed E-state index contributed by atoms with van der Waals surface area (Å²) in [6.07, 6.45) is 7.51. The lowest BCUT2D eigenvalue weighted by molar-refractivity contribution is 0.376. The zero-order valence-corrected chi connectivity index (χ0v) is 10.2. The van der Waals surface area contributed by atoms with Gasteiger partial charge in [-0.25, -0.2) is 4.98 Å². The third-order valence-corrected chi connectivity index (χ3v) is 4.04. The fraction of sp³-hybridized carbons (Fsp3) is 0.667. The van der Waals surface area contributed by atoms with Crippen molar-refractivity contribution in [3.05, 3.63) is 17.2 Å². The molecule has 0 radical (unpaired) electrons. The Hall–Kier alpha value is -0.900. The van der Waals surface area contributed by atoms with Crippen LogP contribution in [0.15, 0.2) is 0 Å². The minimum absolute atomic E-state index is 0.469. The number of rotatable bonds is 2. The van der Waals surface area contributed by atoms with Crippen LogP contribution in [0, 0.1) is 0 Å². The van der Waals surface area contributed by atoms with Crippen molar-refractivity contribution in [1.82, 2.24) is 9.55 Å². The van der Waals surface area contributed by atoms with Gasteiger partial charge in [0.05, 0.1) is 0 Å². The topological polar surface area (TPSA) is 43.8 Å². The highest BCUT2D eigenvalue weighted by Crippen LogP contribution is 2.37. The zero-order chi connectivity index (χ0) is 11.1. The molecule has 1 saturated carbocycles. The van der Waals surface area contributed by atoms with Gasteiger partial charge in [0, 0.05) is 18.2 Å². The molecule has 2 heterocycles. The molecule has 1 aromatic rings. The van der Waals surface area contributed by atoms with E-state index in [2.05, 4.69) is 4.57 Å². The van der Waals surface area contributed by atoms with E-state index in [1.165, 1.54) is 43.6 Å². The number of imidazole rings is 1. The summed E-state index contributed by atoms with van der Waals surface area (Å²) in [5, 5.41) is 0. The Labute approximate surface area is 101 Å². The van der Waals surface area contributed by atoms with E-state index in [9.17, 15) is 0 Å². The normalized spacial score (nSPS) is 20.2. The van der Waals surface area contributed by atoms with Gasteiger partial charge >= 0.3 is 0 Å². The number of nitrogens with zero attached hydrogens (tertiary/aromatic N) is 2. The van der Waals surface area contributed by atoms with Crippen LogP contribution in [0.3, 0.4) is 0 Å². The maximum absolute atomic E-state index is 5.77. The average Bonchev–Trinajstić information content (AvgIpc) is 2.56. The molecule has 0 bridgehead atoms. The van der Waals surface area contributed by atoms with Crippen LogP contribution in [-0.4, -0.2) is 14.5 Å². The molecule has 3 nitrogen and oxygen atoms in total. The summed E-state index contributed by atoms with van der Waals surface area (Å²) >= 11 is 5.10. The van der Waals surface area contributed by atoms with Crippen molar-refractivity contribution >= 4 is 17.2 Å². The fourth-order valence-corrected chi connectivity index (χ4v) is 2.91. The molecule has 0 atom stereocenters. The van der Waals surface area contributed by atoms with Crippen molar-refractivity contribution in [3.63, 3.8) is 0 Å². The molecule has 2 aliphatic rings. The monoisotopic (exact) mass is 235 g/mol. The van der Waals surface area contributed by atoms with Gasteiger partial charge in [-0.05, 0) is 32.1 Å². The molecule has 0 unspecified atom stereocenters. The molecule has 0 saturated heterocycles. The van der Waals surface area contributed by atoms with Crippen LogP contribution in [0.25, 0.3) is 0 Å². The van der Waals surface area contributed by atoms with Gasteiger partial charge in [-0.2, -0.15) is 0 Å². The van der Waals surface area contributed by atoms with E-state index in [0.717, 1.165) is 18.7 Å². The average molecular weight is 235 g/mol. The summed E-state index contributed by atoms with van der Waals surface area (Å²) in [7, 11) is 0. The number of aromatic nitrogens is 2. The SMILES string of the molecule is NC(=S)c1nc(C2CCC2)n2c1CCCC2. The summed E-state index contributed by atoms with van der Waals surface area (Å²) in [5.41, 5.74) is 7.96. The minimum atomic E-state index is 0.469. The van der Waals surface area contributed by atoms with Crippen molar-refractivity contribution in [2.75, 3.05) is 0 Å². The van der Waals surface area contributed by atoms with Gasteiger partial charge in [0.25, 0.3) is 0 Å². The first-order valence-electron chi connectivity index (χ1n) is 6.16. The van der Waals surface area contributed by atoms with E-state index in [-0.39, 0.29) is 0 Å². The number of thiocarbonyl (C=S) groups is 1. The maximum Gasteiger partial charge on any atom is 0.124 e. The van der Waals surface area contributed by atoms with Crippen LogP contribution >= 0.6 is 12.2 Å². The smallest absolute Gasteiger partial charge is 0.124 e. The van der Waals surface area contributed by atoms with E-state index < -0.39 is 0 Å². The fourth-order valence-electron chi connectivity index (χ4n) is 2.75. The quantitative estimate of drug-likeness (QED) is 0.799. The first kappa shape index (κ1) is 10.3. The molecule has 16 heavy (non-hydrogen) atoms. The van der Waals surface area contributed by atoms with Gasteiger partial charge in [0.1, 0.15) is 16.5 Å². The van der Waals surface area contributed by atoms with Crippen molar-refractivity contribution < 1.29 is 0 Å². The highest BCUT2D eigenvalue weighted by atomic mass is 32.1. The van der Waals surface area contributed by atoms with Crippen molar-refractivity contribution in [2.24, 2.45) is 5.73 Å². The van der Waals surface area contributed by atoms with E-state index in [0.29, 0.717) is 10.9 Å². The zero-order valence-electron chi connectivity index (χ0n) is 9.41. The Morgan fingerprint density at radius 2 is 2.12 bits per heavy atom. The largest absolute Gasteiger partial charge is 0.388 e. The Bertz CT molecular complexity index is 432. The van der Waals surface area contributed by atoms with E-state index in [1.54, 1.807) is 0 Å². The molecule has 0 aromatic carbocycles. The first-order chi connectivity index (χ1) is 7.77. The molecular formula is C12H17N3S. The van der Waals surface area contributed by atoms with Crippen LogP contribution in [0.1, 0.15) is 55.2 Å². The molecule has 1 aliphatic heterocycles. The van der Waals surface area contributed by atoms with Gasteiger partial charge < -0.3 is 10.3 Å². The third kappa shape index (κ3) is 1.47. The van der Waals surface area contributed by atoms with Crippen LogP contribution in [-0.2, 0) is 13.0 Å². The summed E-state index contributed by atoms with van der Waals surface area (Å²) < 4.78 is 2.39.